The van der Waals surface area contributed by atoms with Gasteiger partial charge in [-0.05, 0) is 19.3 Å². The van der Waals surface area contributed by atoms with Crippen LogP contribution in [0, 0.1) is 6.92 Å². The third kappa shape index (κ3) is 1.36. The van der Waals surface area contributed by atoms with E-state index >= 15 is 0 Å². The molecule has 0 aliphatic heterocycles. The summed E-state index contributed by atoms with van der Waals surface area (Å²) in [6.45, 7) is 4.08. The highest BCUT2D eigenvalue weighted by Gasteiger charge is 2.37. The normalized spacial score (nSPS) is 20.8. The van der Waals surface area contributed by atoms with Crippen molar-refractivity contribution in [1.82, 2.24) is 10.1 Å². The van der Waals surface area contributed by atoms with Crippen LogP contribution in [0.2, 0.25) is 0 Å². The molecule has 1 fully saturated rings. The molecule has 2 rings (SSSR count). The average molecular weight is 180 g/mol. The fourth-order valence-electron chi connectivity index (χ4n) is 2.30. The summed E-state index contributed by atoms with van der Waals surface area (Å²) >= 11 is 0. The summed E-state index contributed by atoms with van der Waals surface area (Å²) in [4.78, 5) is 4.36. The second-order valence-corrected chi connectivity index (χ2v) is 3.98. The van der Waals surface area contributed by atoms with Crippen LogP contribution in [0.25, 0.3) is 0 Å². The minimum absolute atomic E-state index is 0.234. The Kier molecular flexibility index (Phi) is 2.10. The monoisotopic (exact) mass is 180 g/mol. The maximum absolute atomic E-state index is 5.04. The molecule has 0 atom stereocenters. The molecule has 0 amide bonds. The highest BCUT2D eigenvalue weighted by molar-refractivity contribution is 5.08. The van der Waals surface area contributed by atoms with Crippen LogP contribution in [-0.4, -0.2) is 10.1 Å². The van der Waals surface area contributed by atoms with E-state index in [0.717, 1.165) is 12.2 Å². The second kappa shape index (κ2) is 3.13. The minimum atomic E-state index is 0.234. The topological polar surface area (TPSA) is 38.9 Å². The molecule has 0 bridgehead atoms. The molecular weight excluding hydrogens is 164 g/mol. The lowest BCUT2D eigenvalue weighted by molar-refractivity contribution is 0.345. The summed E-state index contributed by atoms with van der Waals surface area (Å²) in [6, 6.07) is 0. The van der Waals surface area contributed by atoms with Crippen molar-refractivity contribution in [3.05, 3.63) is 11.7 Å². The van der Waals surface area contributed by atoms with Gasteiger partial charge in [-0.1, -0.05) is 24.9 Å². The van der Waals surface area contributed by atoms with Crippen LogP contribution in [0.1, 0.15) is 50.7 Å². The van der Waals surface area contributed by atoms with Gasteiger partial charge in [0.25, 0.3) is 0 Å². The van der Waals surface area contributed by atoms with E-state index in [2.05, 4.69) is 17.1 Å². The van der Waals surface area contributed by atoms with E-state index in [4.69, 9.17) is 4.52 Å². The van der Waals surface area contributed by atoms with Crippen molar-refractivity contribution < 1.29 is 4.52 Å². The summed E-state index contributed by atoms with van der Waals surface area (Å²) in [6.07, 6.45) is 6.19. The number of aryl methyl sites for hydroxylation is 1. The van der Waals surface area contributed by atoms with E-state index in [1.807, 2.05) is 6.92 Å². The van der Waals surface area contributed by atoms with Gasteiger partial charge in [-0.2, -0.15) is 4.98 Å². The molecule has 0 spiro atoms. The van der Waals surface area contributed by atoms with Crippen molar-refractivity contribution in [3.63, 3.8) is 0 Å². The molecular formula is C10H16N2O. The second-order valence-electron chi connectivity index (χ2n) is 3.98. The molecule has 3 nitrogen and oxygen atoms in total. The highest BCUT2D eigenvalue weighted by atomic mass is 16.5. The van der Waals surface area contributed by atoms with Crippen LogP contribution in [-0.2, 0) is 5.41 Å². The number of nitrogens with zero attached hydrogens (tertiary/aromatic N) is 2. The quantitative estimate of drug-likeness (QED) is 0.702. The maximum Gasteiger partial charge on any atom is 0.223 e. The van der Waals surface area contributed by atoms with Crippen LogP contribution >= 0.6 is 0 Å². The Bertz CT molecular complexity index is 287. The Morgan fingerprint density at radius 1 is 1.38 bits per heavy atom. The standard InChI is InChI=1S/C10H16N2O/c1-3-10(6-4-5-7-10)9-11-8(2)13-12-9/h3-7H2,1-2H3. The molecule has 0 radical (unpaired) electrons. The first kappa shape index (κ1) is 8.73. The number of hydrogen-bond donors (Lipinski definition) is 0. The Balaban J connectivity index is 2.30. The Labute approximate surface area is 78.5 Å². The third-order valence-corrected chi connectivity index (χ3v) is 3.24. The molecule has 1 aliphatic rings. The Morgan fingerprint density at radius 3 is 2.54 bits per heavy atom. The lowest BCUT2D eigenvalue weighted by Gasteiger charge is -2.22. The van der Waals surface area contributed by atoms with Gasteiger partial charge in [0.2, 0.25) is 5.89 Å². The van der Waals surface area contributed by atoms with Gasteiger partial charge >= 0.3 is 0 Å². The fraction of sp³-hybridized carbons (Fsp3) is 0.800. The van der Waals surface area contributed by atoms with Crippen LogP contribution < -0.4 is 0 Å². The summed E-state index contributed by atoms with van der Waals surface area (Å²) in [5, 5.41) is 4.05. The van der Waals surface area contributed by atoms with Crippen molar-refractivity contribution in [2.24, 2.45) is 0 Å². The predicted molar refractivity (Wildman–Crippen MR) is 49.5 cm³/mol. The molecule has 1 heterocycles. The molecule has 0 aromatic carbocycles. The SMILES string of the molecule is CCC1(c2noc(C)n2)CCCC1. The first-order chi connectivity index (χ1) is 6.27. The zero-order valence-electron chi connectivity index (χ0n) is 8.34. The van der Waals surface area contributed by atoms with Gasteiger partial charge in [0, 0.05) is 12.3 Å². The van der Waals surface area contributed by atoms with E-state index < -0.39 is 0 Å². The first-order valence-electron chi connectivity index (χ1n) is 5.08. The number of aromatic nitrogens is 2. The molecule has 0 saturated heterocycles. The van der Waals surface area contributed by atoms with Crippen molar-refractivity contribution in [2.75, 3.05) is 0 Å². The first-order valence-corrected chi connectivity index (χ1v) is 5.08. The van der Waals surface area contributed by atoms with Crippen molar-refractivity contribution in [3.8, 4) is 0 Å². The molecule has 72 valence electrons. The van der Waals surface area contributed by atoms with E-state index in [9.17, 15) is 0 Å². The average Bonchev–Trinajstić information content (AvgIpc) is 2.73. The number of rotatable bonds is 2. The van der Waals surface area contributed by atoms with Crippen molar-refractivity contribution in [1.29, 1.82) is 0 Å². The van der Waals surface area contributed by atoms with Crippen molar-refractivity contribution >= 4 is 0 Å². The van der Waals surface area contributed by atoms with Gasteiger partial charge in [0.1, 0.15) is 0 Å². The zero-order valence-corrected chi connectivity index (χ0v) is 8.34. The summed E-state index contributed by atoms with van der Waals surface area (Å²) in [5.74, 6) is 1.62. The van der Waals surface area contributed by atoms with E-state index in [-0.39, 0.29) is 5.41 Å². The van der Waals surface area contributed by atoms with Crippen LogP contribution in [0.15, 0.2) is 4.52 Å². The molecule has 3 heteroatoms. The van der Waals surface area contributed by atoms with Gasteiger partial charge in [0.15, 0.2) is 5.82 Å². The van der Waals surface area contributed by atoms with Crippen LogP contribution in [0.4, 0.5) is 0 Å². The molecule has 1 aromatic heterocycles. The largest absolute Gasteiger partial charge is 0.340 e. The van der Waals surface area contributed by atoms with E-state index in [0.29, 0.717) is 5.89 Å². The summed E-state index contributed by atoms with van der Waals surface area (Å²) in [7, 11) is 0. The predicted octanol–water partition coefficient (Wildman–Crippen LogP) is 2.60. The van der Waals surface area contributed by atoms with E-state index in [1.165, 1.54) is 25.7 Å². The molecule has 0 unspecified atom stereocenters. The highest BCUT2D eigenvalue weighted by Crippen LogP contribution is 2.42. The third-order valence-electron chi connectivity index (χ3n) is 3.24. The molecule has 0 N–H and O–H groups in total. The maximum atomic E-state index is 5.04. The van der Waals surface area contributed by atoms with Gasteiger partial charge in [-0.15, -0.1) is 0 Å². The van der Waals surface area contributed by atoms with Gasteiger partial charge in [-0.3, -0.25) is 0 Å². The molecule has 1 saturated carbocycles. The fourth-order valence-corrected chi connectivity index (χ4v) is 2.30. The smallest absolute Gasteiger partial charge is 0.223 e. The van der Waals surface area contributed by atoms with Gasteiger partial charge in [0.05, 0.1) is 0 Å². The lowest BCUT2D eigenvalue weighted by atomic mass is 9.83. The van der Waals surface area contributed by atoms with Gasteiger partial charge in [-0.25, -0.2) is 0 Å². The van der Waals surface area contributed by atoms with Crippen LogP contribution in [0.3, 0.4) is 0 Å². The molecule has 13 heavy (non-hydrogen) atoms. The molecule has 1 aliphatic carbocycles. The van der Waals surface area contributed by atoms with Crippen molar-refractivity contribution in [2.45, 2.75) is 51.4 Å². The van der Waals surface area contributed by atoms with E-state index in [1.54, 1.807) is 0 Å². The summed E-state index contributed by atoms with van der Waals surface area (Å²) < 4.78 is 5.04. The number of hydrogen-bond acceptors (Lipinski definition) is 3. The molecule has 1 aromatic rings. The van der Waals surface area contributed by atoms with Gasteiger partial charge < -0.3 is 4.52 Å². The zero-order chi connectivity index (χ0) is 9.31. The Hall–Kier alpha value is -0.860. The van der Waals surface area contributed by atoms with Crippen LogP contribution in [0.5, 0.6) is 0 Å². The summed E-state index contributed by atoms with van der Waals surface area (Å²) in [5.41, 5.74) is 0.234. The lowest BCUT2D eigenvalue weighted by Crippen LogP contribution is -2.22. The minimum Gasteiger partial charge on any atom is -0.340 e. The Morgan fingerprint density at radius 2 is 2.08 bits per heavy atom.